The maximum atomic E-state index is 10.8. The van der Waals surface area contributed by atoms with Gasteiger partial charge in [-0.2, -0.15) is 0 Å². The first-order valence-corrected chi connectivity index (χ1v) is 6.45. The summed E-state index contributed by atoms with van der Waals surface area (Å²) in [7, 11) is 0. The lowest BCUT2D eigenvalue weighted by Gasteiger charge is -1.95. The normalized spacial score (nSPS) is 22.4. The first kappa shape index (κ1) is 10.5. The number of rotatable bonds is 3. The molecule has 1 aromatic heterocycles. The summed E-state index contributed by atoms with van der Waals surface area (Å²) in [5.74, 6) is -0.572. The zero-order valence-corrected chi connectivity index (χ0v) is 9.98. The van der Waals surface area contributed by atoms with Crippen LogP contribution in [-0.2, 0) is 4.79 Å². The van der Waals surface area contributed by atoms with Crippen LogP contribution < -0.4 is 0 Å². The summed E-state index contributed by atoms with van der Waals surface area (Å²) in [6, 6.07) is 14.4. The molecule has 0 bridgehead atoms. The van der Waals surface area contributed by atoms with Gasteiger partial charge < -0.3 is 5.11 Å². The third kappa shape index (κ3) is 1.98. The van der Waals surface area contributed by atoms with Gasteiger partial charge in [0.05, 0.1) is 5.92 Å². The van der Waals surface area contributed by atoms with Crippen LogP contribution in [0.2, 0.25) is 0 Å². The molecular formula is C14H12O2S. The first-order valence-electron chi connectivity index (χ1n) is 5.63. The van der Waals surface area contributed by atoms with Crippen LogP contribution in [-0.4, -0.2) is 11.1 Å². The van der Waals surface area contributed by atoms with E-state index in [1.165, 1.54) is 15.3 Å². The Bertz CT molecular complexity index is 544. The van der Waals surface area contributed by atoms with E-state index < -0.39 is 5.97 Å². The number of hydrogen-bond donors (Lipinski definition) is 1. The molecule has 17 heavy (non-hydrogen) atoms. The van der Waals surface area contributed by atoms with Crippen LogP contribution in [0.15, 0.2) is 42.5 Å². The lowest BCUT2D eigenvalue weighted by Crippen LogP contribution is -1.97. The number of benzene rings is 1. The van der Waals surface area contributed by atoms with Crippen LogP contribution in [0.3, 0.4) is 0 Å². The van der Waals surface area contributed by atoms with E-state index in [0.717, 1.165) is 6.42 Å². The van der Waals surface area contributed by atoms with Crippen molar-refractivity contribution in [3.63, 3.8) is 0 Å². The molecule has 1 aliphatic rings. The largest absolute Gasteiger partial charge is 0.481 e. The van der Waals surface area contributed by atoms with Gasteiger partial charge in [0, 0.05) is 15.7 Å². The Morgan fingerprint density at radius 1 is 1.18 bits per heavy atom. The van der Waals surface area contributed by atoms with Gasteiger partial charge in [0.15, 0.2) is 0 Å². The number of thiophene rings is 1. The molecule has 0 unspecified atom stereocenters. The maximum absolute atomic E-state index is 10.8. The highest BCUT2D eigenvalue weighted by molar-refractivity contribution is 7.15. The van der Waals surface area contributed by atoms with Crippen LogP contribution in [0, 0.1) is 5.92 Å². The Labute approximate surface area is 104 Å². The van der Waals surface area contributed by atoms with Gasteiger partial charge in [-0.25, -0.2) is 0 Å². The molecule has 1 fully saturated rings. The van der Waals surface area contributed by atoms with Gasteiger partial charge >= 0.3 is 5.97 Å². The van der Waals surface area contributed by atoms with Crippen molar-refractivity contribution in [3.05, 3.63) is 47.3 Å². The average molecular weight is 244 g/mol. The standard InChI is InChI=1S/C14H12O2S/c15-14(16)11-8-10(11)13-7-6-12(17-13)9-4-2-1-3-5-9/h1-7,10-11H,8H2,(H,15,16)/t10-,11-/m1/s1. The van der Waals surface area contributed by atoms with E-state index in [2.05, 4.69) is 24.3 Å². The summed E-state index contributed by atoms with van der Waals surface area (Å²) in [6.07, 6.45) is 0.796. The molecule has 3 heteroatoms. The van der Waals surface area contributed by atoms with E-state index in [1.807, 2.05) is 18.2 Å². The first-order chi connectivity index (χ1) is 8.25. The van der Waals surface area contributed by atoms with Crippen LogP contribution >= 0.6 is 11.3 Å². The van der Waals surface area contributed by atoms with Gasteiger partial charge in [-0.3, -0.25) is 4.79 Å². The second-order valence-electron chi connectivity index (χ2n) is 4.35. The molecule has 0 spiro atoms. The quantitative estimate of drug-likeness (QED) is 0.895. The minimum atomic E-state index is -0.662. The van der Waals surface area contributed by atoms with Crippen molar-refractivity contribution in [2.45, 2.75) is 12.3 Å². The highest BCUT2D eigenvalue weighted by atomic mass is 32.1. The van der Waals surface area contributed by atoms with E-state index in [9.17, 15) is 4.79 Å². The predicted octanol–water partition coefficient (Wildman–Crippen LogP) is 3.60. The highest BCUT2D eigenvalue weighted by Gasteiger charge is 2.44. The second kappa shape index (κ2) is 4.00. The fourth-order valence-corrected chi connectivity index (χ4v) is 3.28. The Balaban J connectivity index is 1.83. The van der Waals surface area contributed by atoms with Crippen molar-refractivity contribution in [3.8, 4) is 10.4 Å². The van der Waals surface area contributed by atoms with Crippen molar-refractivity contribution >= 4 is 17.3 Å². The molecule has 0 aliphatic heterocycles. The molecule has 3 rings (SSSR count). The molecule has 2 nitrogen and oxygen atoms in total. The molecular weight excluding hydrogens is 232 g/mol. The molecule has 1 heterocycles. The number of carboxylic acids is 1. The van der Waals surface area contributed by atoms with Crippen LogP contribution in [0.1, 0.15) is 17.2 Å². The number of carbonyl (C=O) groups is 1. The summed E-state index contributed by atoms with van der Waals surface area (Å²) in [5, 5.41) is 8.91. The lowest BCUT2D eigenvalue weighted by molar-refractivity contribution is -0.138. The van der Waals surface area contributed by atoms with E-state index in [-0.39, 0.29) is 11.8 Å². The molecule has 1 N–H and O–H groups in total. The molecule has 0 saturated heterocycles. The number of carboxylic acid groups (broad SMARTS) is 1. The summed E-state index contributed by atoms with van der Waals surface area (Å²) in [5.41, 5.74) is 1.20. The molecule has 1 aromatic carbocycles. The Morgan fingerprint density at radius 3 is 2.59 bits per heavy atom. The third-order valence-electron chi connectivity index (χ3n) is 3.16. The van der Waals surface area contributed by atoms with Crippen molar-refractivity contribution in [1.82, 2.24) is 0 Å². The topological polar surface area (TPSA) is 37.3 Å². The Morgan fingerprint density at radius 2 is 1.94 bits per heavy atom. The summed E-state index contributed by atoms with van der Waals surface area (Å²) in [4.78, 5) is 13.3. The molecule has 86 valence electrons. The summed E-state index contributed by atoms with van der Waals surface area (Å²) >= 11 is 1.71. The maximum Gasteiger partial charge on any atom is 0.307 e. The van der Waals surface area contributed by atoms with Crippen molar-refractivity contribution in [2.75, 3.05) is 0 Å². The van der Waals surface area contributed by atoms with E-state index in [0.29, 0.717) is 0 Å². The van der Waals surface area contributed by atoms with Crippen molar-refractivity contribution < 1.29 is 9.90 Å². The predicted molar refractivity (Wildman–Crippen MR) is 68.2 cm³/mol. The van der Waals surface area contributed by atoms with E-state index in [4.69, 9.17) is 5.11 Å². The highest BCUT2D eigenvalue weighted by Crippen LogP contribution is 2.50. The van der Waals surface area contributed by atoms with Crippen LogP contribution in [0.4, 0.5) is 0 Å². The zero-order chi connectivity index (χ0) is 11.8. The SMILES string of the molecule is O=C(O)[C@@H]1C[C@H]1c1ccc(-c2ccccc2)s1. The lowest BCUT2D eigenvalue weighted by atomic mass is 10.2. The molecule has 2 aromatic rings. The van der Waals surface area contributed by atoms with Gasteiger partial charge in [0.2, 0.25) is 0 Å². The molecule has 2 atom stereocenters. The van der Waals surface area contributed by atoms with Crippen molar-refractivity contribution in [1.29, 1.82) is 0 Å². The monoisotopic (exact) mass is 244 g/mol. The summed E-state index contributed by atoms with van der Waals surface area (Å²) < 4.78 is 0. The van der Waals surface area contributed by atoms with Gasteiger partial charge in [0.25, 0.3) is 0 Å². The Kier molecular flexibility index (Phi) is 2.48. The van der Waals surface area contributed by atoms with Gasteiger partial charge in [0.1, 0.15) is 0 Å². The van der Waals surface area contributed by atoms with Crippen LogP contribution in [0.25, 0.3) is 10.4 Å². The number of aliphatic carboxylic acids is 1. The minimum Gasteiger partial charge on any atom is -0.481 e. The van der Waals surface area contributed by atoms with Gasteiger partial charge in [-0.15, -0.1) is 11.3 Å². The fraction of sp³-hybridized carbons (Fsp3) is 0.214. The number of hydrogen-bond acceptors (Lipinski definition) is 2. The Hall–Kier alpha value is -1.61. The molecule has 0 amide bonds. The van der Waals surface area contributed by atoms with Gasteiger partial charge in [-0.05, 0) is 24.1 Å². The molecule has 1 saturated carbocycles. The molecule has 1 aliphatic carbocycles. The summed E-state index contributed by atoms with van der Waals surface area (Å²) in [6.45, 7) is 0. The van der Waals surface area contributed by atoms with Crippen molar-refractivity contribution in [2.24, 2.45) is 5.92 Å². The third-order valence-corrected chi connectivity index (χ3v) is 4.42. The molecule has 0 radical (unpaired) electrons. The second-order valence-corrected chi connectivity index (χ2v) is 5.47. The van der Waals surface area contributed by atoms with E-state index >= 15 is 0 Å². The van der Waals surface area contributed by atoms with Crippen LogP contribution in [0.5, 0.6) is 0 Å². The average Bonchev–Trinajstić information content (AvgIpc) is 3.01. The zero-order valence-electron chi connectivity index (χ0n) is 9.17. The minimum absolute atomic E-state index is 0.155. The van der Waals surface area contributed by atoms with Gasteiger partial charge in [-0.1, -0.05) is 30.3 Å². The van der Waals surface area contributed by atoms with E-state index in [1.54, 1.807) is 11.3 Å². The fourth-order valence-electron chi connectivity index (χ4n) is 2.09. The smallest absolute Gasteiger partial charge is 0.307 e.